The van der Waals surface area contributed by atoms with Crippen LogP contribution >= 0.6 is 0 Å². The van der Waals surface area contributed by atoms with E-state index < -0.39 is 19.4 Å². The molecule has 0 bridgehead atoms. The second-order valence-electron chi connectivity index (χ2n) is 5.24. The summed E-state index contributed by atoms with van der Waals surface area (Å²) >= 11 is 0. The Balaban J connectivity index is 1.74. The van der Waals surface area contributed by atoms with Crippen LogP contribution < -0.4 is 5.32 Å². The van der Waals surface area contributed by atoms with E-state index in [9.17, 15) is 18.0 Å². The average Bonchev–Trinajstić information content (AvgIpc) is 2.66. The molecule has 2 atom stereocenters. The van der Waals surface area contributed by atoms with Gasteiger partial charge >= 0.3 is 6.18 Å². The number of carbonyl (C=O) groups excluding carboxylic acids is 1. The molecule has 4 nitrogen and oxygen atoms in total. The molecule has 0 saturated carbocycles. The summed E-state index contributed by atoms with van der Waals surface area (Å²) in [6, 6.07) is 0. The van der Waals surface area contributed by atoms with E-state index in [4.69, 9.17) is 0 Å². The topological polar surface area (TPSA) is 41.6 Å². The Morgan fingerprint density at radius 3 is 2.32 bits per heavy atom. The Labute approximate surface area is 110 Å². The summed E-state index contributed by atoms with van der Waals surface area (Å²) in [5, 5.41) is 3.33. The van der Waals surface area contributed by atoms with Gasteiger partial charge in [0.1, 0.15) is 13.2 Å². The SMILES string of the molecule is O=C(COCC(F)(F)F)N1CC[C@@H]2CNC[C@@H]2CC1. The maximum atomic E-state index is 11.9. The fourth-order valence-electron chi connectivity index (χ4n) is 2.81. The molecule has 2 aliphatic heterocycles. The van der Waals surface area contributed by atoms with Crippen LogP contribution in [-0.2, 0) is 9.53 Å². The van der Waals surface area contributed by atoms with E-state index in [1.54, 1.807) is 4.90 Å². The van der Waals surface area contributed by atoms with Crippen LogP contribution in [0.1, 0.15) is 12.8 Å². The number of hydrogen-bond acceptors (Lipinski definition) is 3. The molecule has 110 valence electrons. The van der Waals surface area contributed by atoms with Crippen molar-refractivity contribution in [1.82, 2.24) is 10.2 Å². The van der Waals surface area contributed by atoms with Gasteiger partial charge in [-0.05, 0) is 37.8 Å². The lowest BCUT2D eigenvalue weighted by Gasteiger charge is -2.21. The third-order valence-corrected chi connectivity index (χ3v) is 3.86. The Kier molecular flexibility index (Phi) is 4.67. The maximum Gasteiger partial charge on any atom is 0.411 e. The molecule has 1 N–H and O–H groups in total. The number of carbonyl (C=O) groups is 1. The normalized spacial score (nSPS) is 28.1. The molecule has 0 aromatic rings. The highest BCUT2D eigenvalue weighted by Gasteiger charge is 2.32. The van der Waals surface area contributed by atoms with Gasteiger partial charge in [-0.25, -0.2) is 0 Å². The van der Waals surface area contributed by atoms with E-state index >= 15 is 0 Å². The van der Waals surface area contributed by atoms with Gasteiger partial charge in [0.25, 0.3) is 0 Å². The zero-order chi connectivity index (χ0) is 13.9. The molecule has 0 unspecified atom stereocenters. The molecule has 1 amide bonds. The van der Waals surface area contributed by atoms with Crippen LogP contribution in [0.3, 0.4) is 0 Å². The minimum atomic E-state index is -4.37. The standard InChI is InChI=1S/C12H19F3N2O2/c13-12(14,15)8-19-7-11(18)17-3-1-9-5-16-6-10(9)2-4-17/h9-10,16H,1-8H2/t9-,10+. The van der Waals surface area contributed by atoms with Gasteiger partial charge in [-0.1, -0.05) is 0 Å². The molecular weight excluding hydrogens is 261 g/mol. The lowest BCUT2D eigenvalue weighted by molar-refractivity contribution is -0.177. The lowest BCUT2D eigenvalue weighted by Crippen LogP contribution is -2.36. The first-order chi connectivity index (χ1) is 8.96. The van der Waals surface area contributed by atoms with Crippen LogP contribution in [0.25, 0.3) is 0 Å². The minimum absolute atomic E-state index is 0.336. The van der Waals surface area contributed by atoms with Gasteiger partial charge in [0, 0.05) is 13.1 Å². The first kappa shape index (κ1) is 14.6. The molecule has 0 radical (unpaired) electrons. The van der Waals surface area contributed by atoms with Crippen LogP contribution in [0.15, 0.2) is 0 Å². The third-order valence-electron chi connectivity index (χ3n) is 3.86. The van der Waals surface area contributed by atoms with E-state index in [-0.39, 0.29) is 5.91 Å². The smallest absolute Gasteiger partial charge is 0.362 e. The lowest BCUT2D eigenvalue weighted by atomic mass is 9.92. The van der Waals surface area contributed by atoms with Crippen molar-refractivity contribution in [3.8, 4) is 0 Å². The van der Waals surface area contributed by atoms with Crippen LogP contribution in [0.5, 0.6) is 0 Å². The Morgan fingerprint density at radius 2 is 1.79 bits per heavy atom. The first-order valence-electron chi connectivity index (χ1n) is 6.59. The molecule has 0 spiro atoms. The zero-order valence-corrected chi connectivity index (χ0v) is 10.7. The first-order valence-corrected chi connectivity index (χ1v) is 6.59. The molecule has 0 aliphatic carbocycles. The largest absolute Gasteiger partial charge is 0.411 e. The quantitative estimate of drug-likeness (QED) is 0.839. The predicted octanol–water partition coefficient (Wildman–Crippen LogP) is 1.02. The van der Waals surface area contributed by atoms with Crippen LogP contribution in [0.2, 0.25) is 0 Å². The molecule has 0 aromatic carbocycles. The summed E-state index contributed by atoms with van der Waals surface area (Å²) in [4.78, 5) is 13.4. The third kappa shape index (κ3) is 4.35. The zero-order valence-electron chi connectivity index (χ0n) is 10.7. The van der Waals surface area contributed by atoms with Gasteiger partial charge in [-0.15, -0.1) is 0 Å². The van der Waals surface area contributed by atoms with Crippen molar-refractivity contribution >= 4 is 5.91 Å². The van der Waals surface area contributed by atoms with Crippen LogP contribution in [0, 0.1) is 11.8 Å². The maximum absolute atomic E-state index is 11.9. The highest BCUT2D eigenvalue weighted by molar-refractivity contribution is 5.77. The molecule has 19 heavy (non-hydrogen) atoms. The summed E-state index contributed by atoms with van der Waals surface area (Å²) in [7, 11) is 0. The summed E-state index contributed by atoms with van der Waals surface area (Å²) in [6.45, 7) is 1.37. The minimum Gasteiger partial charge on any atom is -0.362 e. The molecule has 0 aromatic heterocycles. The van der Waals surface area contributed by atoms with Gasteiger partial charge in [-0.3, -0.25) is 4.79 Å². The fourth-order valence-corrected chi connectivity index (χ4v) is 2.81. The Bertz CT molecular complexity index is 309. The van der Waals surface area contributed by atoms with Gasteiger partial charge in [0.15, 0.2) is 0 Å². The molecule has 2 heterocycles. The summed E-state index contributed by atoms with van der Waals surface area (Å²) < 4.78 is 40.2. The Hall–Kier alpha value is -0.820. The van der Waals surface area contributed by atoms with Crippen molar-refractivity contribution < 1.29 is 22.7 Å². The number of likely N-dealkylation sites (tertiary alicyclic amines) is 1. The molecule has 2 rings (SSSR count). The molecule has 7 heteroatoms. The number of rotatable bonds is 3. The molecular formula is C12H19F3N2O2. The number of halogens is 3. The van der Waals surface area contributed by atoms with E-state index in [1.807, 2.05) is 0 Å². The van der Waals surface area contributed by atoms with Gasteiger partial charge in [0.2, 0.25) is 5.91 Å². The van der Waals surface area contributed by atoms with E-state index in [2.05, 4.69) is 10.1 Å². The van der Waals surface area contributed by atoms with Crippen molar-refractivity contribution in [2.45, 2.75) is 19.0 Å². The number of alkyl halides is 3. The van der Waals surface area contributed by atoms with E-state index in [0.29, 0.717) is 24.9 Å². The van der Waals surface area contributed by atoms with Crippen molar-refractivity contribution in [1.29, 1.82) is 0 Å². The number of hydrogen-bond donors (Lipinski definition) is 1. The Morgan fingerprint density at radius 1 is 1.21 bits per heavy atom. The number of ether oxygens (including phenoxy) is 1. The highest BCUT2D eigenvalue weighted by atomic mass is 19.4. The number of nitrogens with one attached hydrogen (secondary N) is 1. The van der Waals surface area contributed by atoms with Crippen LogP contribution in [-0.4, -0.2) is 56.4 Å². The average molecular weight is 280 g/mol. The second kappa shape index (κ2) is 6.09. The number of fused-ring (bicyclic) bond motifs is 1. The molecule has 2 fully saturated rings. The summed E-state index contributed by atoms with van der Waals surface area (Å²) in [6.07, 6.45) is -2.53. The number of nitrogens with zero attached hydrogens (tertiary/aromatic N) is 1. The second-order valence-corrected chi connectivity index (χ2v) is 5.24. The monoisotopic (exact) mass is 280 g/mol. The van der Waals surface area contributed by atoms with Crippen LogP contribution in [0.4, 0.5) is 13.2 Å². The van der Waals surface area contributed by atoms with Crippen molar-refractivity contribution in [2.75, 3.05) is 39.4 Å². The molecule has 2 aliphatic rings. The fraction of sp³-hybridized carbons (Fsp3) is 0.917. The summed E-state index contributed by atoms with van der Waals surface area (Å²) in [5.74, 6) is 0.847. The number of amides is 1. The van der Waals surface area contributed by atoms with Crippen molar-refractivity contribution in [3.63, 3.8) is 0 Å². The molecule has 2 saturated heterocycles. The van der Waals surface area contributed by atoms with Gasteiger partial charge in [0.05, 0.1) is 0 Å². The van der Waals surface area contributed by atoms with E-state index in [1.165, 1.54) is 0 Å². The van der Waals surface area contributed by atoms with Crippen molar-refractivity contribution in [3.05, 3.63) is 0 Å². The van der Waals surface area contributed by atoms with Crippen molar-refractivity contribution in [2.24, 2.45) is 11.8 Å². The van der Waals surface area contributed by atoms with E-state index in [0.717, 1.165) is 25.9 Å². The highest BCUT2D eigenvalue weighted by Crippen LogP contribution is 2.27. The van der Waals surface area contributed by atoms with Gasteiger partial charge < -0.3 is 15.0 Å². The van der Waals surface area contributed by atoms with Gasteiger partial charge in [-0.2, -0.15) is 13.2 Å². The predicted molar refractivity (Wildman–Crippen MR) is 62.5 cm³/mol. The summed E-state index contributed by atoms with van der Waals surface area (Å²) in [5.41, 5.74) is 0.